The molecule has 0 spiro atoms. The molecule has 0 atom stereocenters. The summed E-state index contributed by atoms with van der Waals surface area (Å²) in [5.41, 5.74) is 8.57. The zero-order valence-electron chi connectivity index (χ0n) is 13.2. The van der Waals surface area contributed by atoms with Gasteiger partial charge in [-0.3, -0.25) is 4.79 Å². The number of nitrogens with zero attached hydrogens (tertiary/aromatic N) is 1. The molecule has 0 heterocycles. The van der Waals surface area contributed by atoms with E-state index in [0.29, 0.717) is 25.5 Å². The van der Waals surface area contributed by atoms with E-state index in [1.165, 1.54) is 0 Å². The van der Waals surface area contributed by atoms with Gasteiger partial charge in [0, 0.05) is 18.7 Å². The molecule has 1 aromatic rings. The molecule has 0 aliphatic carbocycles. The van der Waals surface area contributed by atoms with Crippen LogP contribution in [0.2, 0.25) is 0 Å². The fourth-order valence-electron chi connectivity index (χ4n) is 1.62. The van der Waals surface area contributed by atoms with Gasteiger partial charge in [-0.25, -0.2) is 4.99 Å². The Morgan fingerprint density at radius 3 is 2.50 bits per heavy atom. The summed E-state index contributed by atoms with van der Waals surface area (Å²) in [6, 6.07) is 7.60. The number of hydrogen-bond donors (Lipinski definition) is 3. The van der Waals surface area contributed by atoms with Crippen LogP contribution in [-0.2, 0) is 11.3 Å². The van der Waals surface area contributed by atoms with Gasteiger partial charge < -0.3 is 16.4 Å². The van der Waals surface area contributed by atoms with Crippen molar-refractivity contribution < 1.29 is 4.79 Å². The molecule has 4 N–H and O–H groups in total. The summed E-state index contributed by atoms with van der Waals surface area (Å²) in [5, 5.41) is 5.82. The summed E-state index contributed by atoms with van der Waals surface area (Å²) in [5.74, 6) is 0.440. The lowest BCUT2D eigenvalue weighted by Gasteiger charge is -2.06. The number of rotatable bonds is 7. The van der Waals surface area contributed by atoms with Gasteiger partial charge in [-0.1, -0.05) is 31.2 Å². The maximum absolute atomic E-state index is 11.5. The number of benzene rings is 1. The number of carbonyl (C=O) groups excluding carboxylic acids is 1. The van der Waals surface area contributed by atoms with E-state index >= 15 is 0 Å². The molecule has 0 fully saturated rings. The summed E-state index contributed by atoms with van der Waals surface area (Å²) in [7, 11) is 0. The quantitative estimate of drug-likeness (QED) is 0.277. The monoisotopic (exact) mass is 416 g/mol. The third kappa shape index (κ3) is 8.66. The average Bonchev–Trinajstić information content (AvgIpc) is 2.44. The Kier molecular flexibility index (Phi) is 10.3. The van der Waals surface area contributed by atoms with Crippen LogP contribution in [0, 0.1) is 0 Å². The van der Waals surface area contributed by atoms with E-state index in [1.54, 1.807) is 0 Å². The summed E-state index contributed by atoms with van der Waals surface area (Å²) in [6.07, 6.45) is 1.38. The molecule has 0 saturated carbocycles. The molecule has 0 aromatic heterocycles. The Hall–Kier alpha value is -1.57. The summed E-state index contributed by atoms with van der Waals surface area (Å²) < 4.78 is 0. The van der Waals surface area contributed by atoms with Crippen molar-refractivity contribution in [2.24, 2.45) is 10.7 Å². The van der Waals surface area contributed by atoms with Crippen LogP contribution in [0.5, 0.6) is 0 Å². The lowest BCUT2D eigenvalue weighted by Crippen LogP contribution is -2.32. The first-order valence-corrected chi connectivity index (χ1v) is 7.08. The first kappa shape index (κ1) is 20.4. The predicted molar refractivity (Wildman–Crippen MR) is 104 cm³/mol. The number of guanidine groups is 1. The highest BCUT2D eigenvalue weighted by Gasteiger charge is 2.00. The molecule has 0 bridgehead atoms. The van der Waals surface area contributed by atoms with Crippen molar-refractivity contribution in [3.8, 4) is 0 Å². The first-order chi connectivity index (χ1) is 10.0. The molecule has 0 aliphatic rings. The number of anilines is 1. The van der Waals surface area contributed by atoms with Gasteiger partial charge in [-0.15, -0.1) is 24.0 Å². The van der Waals surface area contributed by atoms with Crippen LogP contribution in [0.4, 0.5) is 5.69 Å². The number of aliphatic imine (C=N–C) groups is 1. The Bertz CT molecular complexity index is 511. The maximum Gasteiger partial charge on any atom is 0.224 e. The van der Waals surface area contributed by atoms with Gasteiger partial charge >= 0.3 is 0 Å². The highest BCUT2D eigenvalue weighted by Crippen LogP contribution is 2.11. The Morgan fingerprint density at radius 2 is 1.95 bits per heavy atom. The van der Waals surface area contributed by atoms with E-state index in [4.69, 9.17) is 5.73 Å². The fraction of sp³-hybridized carbons (Fsp3) is 0.375. The Morgan fingerprint density at radius 1 is 1.32 bits per heavy atom. The van der Waals surface area contributed by atoms with E-state index in [1.807, 2.05) is 38.1 Å². The van der Waals surface area contributed by atoms with E-state index in [2.05, 4.69) is 22.2 Å². The second-order valence-corrected chi connectivity index (χ2v) is 5.01. The van der Waals surface area contributed by atoms with E-state index in [9.17, 15) is 4.79 Å². The van der Waals surface area contributed by atoms with Gasteiger partial charge in [0.2, 0.25) is 5.91 Å². The number of carbonyl (C=O) groups is 1. The molecule has 122 valence electrons. The predicted octanol–water partition coefficient (Wildman–Crippen LogP) is 3.02. The van der Waals surface area contributed by atoms with Crippen molar-refractivity contribution in [3.63, 3.8) is 0 Å². The number of halogens is 1. The highest BCUT2D eigenvalue weighted by molar-refractivity contribution is 14.0. The third-order valence-electron chi connectivity index (χ3n) is 2.72. The zero-order valence-corrected chi connectivity index (χ0v) is 15.5. The van der Waals surface area contributed by atoms with Crippen LogP contribution in [0.15, 0.2) is 41.4 Å². The highest BCUT2D eigenvalue weighted by atomic mass is 127. The zero-order chi connectivity index (χ0) is 15.7. The number of hydrogen-bond acceptors (Lipinski definition) is 2. The summed E-state index contributed by atoms with van der Waals surface area (Å²) in [6.45, 7) is 8.81. The largest absolute Gasteiger partial charge is 0.370 e. The van der Waals surface area contributed by atoms with Crippen molar-refractivity contribution in [3.05, 3.63) is 42.0 Å². The normalized spacial score (nSPS) is 10.5. The minimum atomic E-state index is 0. The van der Waals surface area contributed by atoms with Crippen molar-refractivity contribution in [2.75, 3.05) is 11.9 Å². The van der Waals surface area contributed by atoms with E-state index < -0.39 is 0 Å². The van der Waals surface area contributed by atoms with Crippen LogP contribution < -0.4 is 16.4 Å². The minimum Gasteiger partial charge on any atom is -0.370 e. The molecule has 5 nitrogen and oxygen atoms in total. The SMILES string of the molecule is C=C(C)CNC(N)=NCc1ccc(NC(=O)CCC)cc1.I. The molecule has 0 unspecified atom stereocenters. The van der Waals surface area contributed by atoms with Crippen LogP contribution in [-0.4, -0.2) is 18.4 Å². The van der Waals surface area contributed by atoms with Crippen LogP contribution in [0.1, 0.15) is 32.3 Å². The number of amides is 1. The first-order valence-electron chi connectivity index (χ1n) is 7.08. The molecule has 22 heavy (non-hydrogen) atoms. The van der Waals surface area contributed by atoms with Crippen LogP contribution >= 0.6 is 24.0 Å². The van der Waals surface area contributed by atoms with Gasteiger partial charge in [-0.05, 0) is 31.0 Å². The van der Waals surface area contributed by atoms with Crippen molar-refractivity contribution in [2.45, 2.75) is 33.2 Å². The Labute approximate surface area is 149 Å². The standard InChI is InChI=1S/C16H24N4O.HI/c1-4-5-15(21)20-14-8-6-13(7-9-14)11-19-16(17)18-10-12(2)3;/h6-9H,2,4-5,10-11H2,1,3H3,(H,20,21)(H3,17,18,19);1H. The van der Waals surface area contributed by atoms with Gasteiger partial charge in [0.25, 0.3) is 0 Å². The molecule has 0 radical (unpaired) electrons. The van der Waals surface area contributed by atoms with Crippen LogP contribution in [0.25, 0.3) is 0 Å². The van der Waals surface area contributed by atoms with E-state index in [0.717, 1.165) is 23.2 Å². The second-order valence-electron chi connectivity index (χ2n) is 5.01. The molecule has 1 amide bonds. The average molecular weight is 416 g/mol. The third-order valence-corrected chi connectivity index (χ3v) is 2.72. The number of nitrogens with two attached hydrogens (primary N) is 1. The summed E-state index contributed by atoms with van der Waals surface area (Å²) in [4.78, 5) is 15.7. The molecule has 6 heteroatoms. The minimum absolute atomic E-state index is 0. The van der Waals surface area contributed by atoms with Crippen molar-refractivity contribution in [1.29, 1.82) is 0 Å². The smallest absolute Gasteiger partial charge is 0.224 e. The molecular formula is C16H25IN4O. The topological polar surface area (TPSA) is 79.5 Å². The van der Waals surface area contributed by atoms with Gasteiger partial charge in [0.1, 0.15) is 0 Å². The maximum atomic E-state index is 11.5. The fourth-order valence-corrected chi connectivity index (χ4v) is 1.62. The molecule has 0 saturated heterocycles. The lowest BCUT2D eigenvalue weighted by molar-refractivity contribution is -0.116. The molecule has 0 aliphatic heterocycles. The van der Waals surface area contributed by atoms with Gasteiger partial charge in [0.15, 0.2) is 5.96 Å². The van der Waals surface area contributed by atoms with Gasteiger partial charge in [-0.2, -0.15) is 0 Å². The number of nitrogens with one attached hydrogen (secondary N) is 2. The summed E-state index contributed by atoms with van der Waals surface area (Å²) >= 11 is 0. The van der Waals surface area contributed by atoms with Crippen molar-refractivity contribution >= 4 is 41.5 Å². The van der Waals surface area contributed by atoms with Gasteiger partial charge in [0.05, 0.1) is 6.54 Å². The van der Waals surface area contributed by atoms with E-state index in [-0.39, 0.29) is 29.9 Å². The molecular weight excluding hydrogens is 391 g/mol. The second kappa shape index (κ2) is 11.1. The van der Waals surface area contributed by atoms with Crippen LogP contribution in [0.3, 0.4) is 0 Å². The lowest BCUT2D eigenvalue weighted by atomic mass is 10.2. The Balaban J connectivity index is 0.00000441. The molecule has 1 rings (SSSR count). The van der Waals surface area contributed by atoms with Crippen molar-refractivity contribution in [1.82, 2.24) is 5.32 Å². The molecule has 1 aromatic carbocycles.